The van der Waals surface area contributed by atoms with Crippen LogP contribution in [0.1, 0.15) is 19.0 Å². The smallest absolute Gasteiger partial charge is 0.294 e. The minimum atomic E-state index is -0.167. The summed E-state index contributed by atoms with van der Waals surface area (Å²) in [4.78, 5) is 34.4. The maximum Gasteiger partial charge on any atom is 0.294 e. The largest absolute Gasteiger partial charge is 0.378 e. The Morgan fingerprint density at radius 3 is 2.74 bits per heavy atom. The molecule has 1 saturated heterocycles. The van der Waals surface area contributed by atoms with E-state index < -0.39 is 0 Å². The molecule has 1 fully saturated rings. The minimum Gasteiger partial charge on any atom is -0.378 e. The Hall–Kier alpha value is -3.20. The van der Waals surface area contributed by atoms with E-state index in [4.69, 9.17) is 4.74 Å². The van der Waals surface area contributed by atoms with Gasteiger partial charge in [-0.05, 0) is 25.1 Å². The Morgan fingerprint density at radius 1 is 1.19 bits per heavy atom. The highest BCUT2D eigenvalue weighted by Gasteiger charge is 2.20. The number of carbonyl (C=O) groups excluding carboxylic acids is 1. The van der Waals surface area contributed by atoms with E-state index in [0.29, 0.717) is 45.2 Å². The molecular weight excluding hydrogens is 396 g/mol. The van der Waals surface area contributed by atoms with Crippen LogP contribution >= 0.6 is 0 Å². The molecule has 9 heteroatoms. The molecule has 0 radical (unpaired) electrons. The second-order valence-corrected chi connectivity index (χ2v) is 7.62. The molecule has 0 unspecified atom stereocenters. The predicted molar refractivity (Wildman–Crippen MR) is 118 cm³/mol. The summed E-state index contributed by atoms with van der Waals surface area (Å²) in [5.41, 5.74) is 2.31. The number of hydrogen-bond acceptors (Lipinski definition) is 6. The number of ether oxygens (including phenoxy) is 1. The van der Waals surface area contributed by atoms with Gasteiger partial charge in [-0.3, -0.25) is 14.3 Å². The van der Waals surface area contributed by atoms with E-state index in [9.17, 15) is 9.59 Å². The number of amides is 1. The normalized spacial score (nSPS) is 14.2. The molecule has 3 aromatic rings. The molecule has 1 amide bonds. The number of para-hydroxylation sites is 2. The number of anilines is 1. The molecular formula is C22H28N6O3. The number of morpholine rings is 1. The molecule has 0 bridgehead atoms. The quantitative estimate of drug-likeness (QED) is 0.571. The zero-order chi connectivity index (χ0) is 21.8. The molecule has 0 atom stereocenters. The van der Waals surface area contributed by atoms with Crippen LogP contribution in [0.3, 0.4) is 0 Å². The average molecular weight is 425 g/mol. The van der Waals surface area contributed by atoms with E-state index in [2.05, 4.69) is 10.1 Å². The maximum absolute atomic E-state index is 13.3. The maximum atomic E-state index is 13.3. The van der Waals surface area contributed by atoms with Crippen molar-refractivity contribution in [2.24, 2.45) is 0 Å². The van der Waals surface area contributed by atoms with E-state index in [1.807, 2.05) is 46.8 Å². The Balaban J connectivity index is 1.55. The Morgan fingerprint density at radius 2 is 1.97 bits per heavy atom. The summed E-state index contributed by atoms with van der Waals surface area (Å²) in [6.07, 6.45) is 1.97. The molecule has 164 valence electrons. The summed E-state index contributed by atoms with van der Waals surface area (Å²) in [6.45, 7) is 5.98. The average Bonchev–Trinajstić information content (AvgIpc) is 3.25. The van der Waals surface area contributed by atoms with Gasteiger partial charge in [-0.25, -0.2) is 4.98 Å². The fourth-order valence-electron chi connectivity index (χ4n) is 3.89. The van der Waals surface area contributed by atoms with E-state index in [0.717, 1.165) is 23.3 Å². The molecule has 31 heavy (non-hydrogen) atoms. The first kappa shape index (κ1) is 21.0. The minimum absolute atomic E-state index is 0.0235. The van der Waals surface area contributed by atoms with Crippen LogP contribution in [0.5, 0.6) is 0 Å². The third-order valence-corrected chi connectivity index (χ3v) is 5.62. The molecule has 4 rings (SSSR count). The van der Waals surface area contributed by atoms with E-state index in [1.165, 1.54) is 0 Å². The van der Waals surface area contributed by atoms with Crippen molar-refractivity contribution in [1.82, 2.24) is 24.2 Å². The van der Waals surface area contributed by atoms with Crippen LogP contribution < -0.4 is 10.5 Å². The summed E-state index contributed by atoms with van der Waals surface area (Å²) in [5.74, 6) is 0.402. The lowest BCUT2D eigenvalue weighted by molar-refractivity contribution is -0.130. The van der Waals surface area contributed by atoms with Gasteiger partial charge in [0.2, 0.25) is 5.91 Å². The molecule has 9 nitrogen and oxygen atoms in total. The Kier molecular flexibility index (Phi) is 6.31. The van der Waals surface area contributed by atoms with Gasteiger partial charge in [-0.15, -0.1) is 0 Å². The highest BCUT2D eigenvalue weighted by Crippen LogP contribution is 2.16. The summed E-state index contributed by atoms with van der Waals surface area (Å²) in [5, 5.41) is 4.25. The zero-order valence-corrected chi connectivity index (χ0v) is 18.0. The van der Waals surface area contributed by atoms with Gasteiger partial charge in [0, 0.05) is 45.8 Å². The number of fused-ring (bicyclic) bond motifs is 1. The monoisotopic (exact) mass is 424 g/mol. The summed E-state index contributed by atoms with van der Waals surface area (Å²) in [6, 6.07) is 9.48. The van der Waals surface area contributed by atoms with Gasteiger partial charge in [0.15, 0.2) is 5.82 Å². The van der Waals surface area contributed by atoms with Crippen molar-refractivity contribution in [1.29, 1.82) is 0 Å². The number of aromatic nitrogens is 4. The van der Waals surface area contributed by atoms with E-state index in [-0.39, 0.29) is 17.9 Å². The first-order valence-corrected chi connectivity index (χ1v) is 10.7. The van der Waals surface area contributed by atoms with Crippen molar-refractivity contribution in [2.75, 3.05) is 38.3 Å². The highest BCUT2D eigenvalue weighted by atomic mass is 16.5. The number of carbonyl (C=O) groups is 1. The third kappa shape index (κ3) is 4.46. The van der Waals surface area contributed by atoms with Crippen LogP contribution in [0.15, 0.2) is 41.3 Å². The second kappa shape index (κ2) is 9.30. The molecule has 1 aliphatic rings. The highest BCUT2D eigenvalue weighted by molar-refractivity contribution is 5.78. The number of aryl methyl sites for hydroxylation is 2. The Bertz CT molecular complexity index is 1120. The lowest BCUT2D eigenvalue weighted by atomic mass is 10.2. The van der Waals surface area contributed by atoms with Crippen LogP contribution in [0, 0.1) is 0 Å². The van der Waals surface area contributed by atoms with Crippen molar-refractivity contribution in [3.05, 3.63) is 52.6 Å². The SMILES string of the molecule is CCn1nccc1CN(C)C(=O)CCn1c(=O)c(N2CCOCC2)nc2ccccc21. The molecule has 0 N–H and O–H groups in total. The number of benzene rings is 1. The number of rotatable bonds is 7. The van der Waals surface area contributed by atoms with Gasteiger partial charge >= 0.3 is 0 Å². The molecule has 3 heterocycles. The van der Waals surface area contributed by atoms with Crippen molar-refractivity contribution < 1.29 is 9.53 Å². The van der Waals surface area contributed by atoms with Gasteiger partial charge in [0.25, 0.3) is 5.56 Å². The number of nitrogens with zero attached hydrogens (tertiary/aromatic N) is 6. The topological polar surface area (TPSA) is 85.5 Å². The van der Waals surface area contributed by atoms with Gasteiger partial charge in [-0.2, -0.15) is 5.10 Å². The first-order valence-electron chi connectivity index (χ1n) is 10.7. The molecule has 1 aliphatic heterocycles. The van der Waals surface area contributed by atoms with Crippen LogP contribution in [-0.4, -0.2) is 63.5 Å². The molecule has 0 aliphatic carbocycles. The van der Waals surface area contributed by atoms with Gasteiger partial charge in [0.05, 0.1) is 36.5 Å². The Labute approximate surface area is 180 Å². The summed E-state index contributed by atoms with van der Waals surface area (Å²) >= 11 is 0. The van der Waals surface area contributed by atoms with Crippen LogP contribution in [0.4, 0.5) is 5.82 Å². The van der Waals surface area contributed by atoms with E-state index in [1.54, 1.807) is 22.7 Å². The fraction of sp³-hybridized carbons (Fsp3) is 0.455. The number of hydrogen-bond donors (Lipinski definition) is 0. The molecule has 2 aromatic heterocycles. The third-order valence-electron chi connectivity index (χ3n) is 5.62. The van der Waals surface area contributed by atoms with Crippen LogP contribution in [0.2, 0.25) is 0 Å². The summed E-state index contributed by atoms with van der Waals surface area (Å²) < 4.78 is 8.96. The fourth-order valence-corrected chi connectivity index (χ4v) is 3.89. The standard InChI is InChI=1S/C22H28N6O3/c1-3-28-17(8-10-23-28)16-25(2)20(29)9-11-27-19-7-5-4-6-18(19)24-21(22(27)30)26-12-14-31-15-13-26/h4-8,10H,3,9,11-16H2,1-2H3. The molecule has 1 aromatic carbocycles. The molecule has 0 spiro atoms. The lowest BCUT2D eigenvalue weighted by Gasteiger charge is -2.28. The summed E-state index contributed by atoms with van der Waals surface area (Å²) in [7, 11) is 1.78. The van der Waals surface area contributed by atoms with Crippen molar-refractivity contribution >= 4 is 22.8 Å². The predicted octanol–water partition coefficient (Wildman–Crippen LogP) is 1.50. The van der Waals surface area contributed by atoms with Crippen molar-refractivity contribution in [3.8, 4) is 0 Å². The molecule has 0 saturated carbocycles. The van der Waals surface area contributed by atoms with Gasteiger partial charge in [-0.1, -0.05) is 12.1 Å². The van der Waals surface area contributed by atoms with Crippen LogP contribution in [-0.2, 0) is 29.2 Å². The van der Waals surface area contributed by atoms with Crippen molar-refractivity contribution in [2.45, 2.75) is 33.0 Å². The van der Waals surface area contributed by atoms with Gasteiger partial charge in [0.1, 0.15) is 0 Å². The lowest BCUT2D eigenvalue weighted by Crippen LogP contribution is -2.41. The second-order valence-electron chi connectivity index (χ2n) is 7.62. The zero-order valence-electron chi connectivity index (χ0n) is 18.0. The first-order chi connectivity index (χ1) is 15.1. The van der Waals surface area contributed by atoms with E-state index >= 15 is 0 Å². The van der Waals surface area contributed by atoms with Crippen LogP contribution in [0.25, 0.3) is 11.0 Å². The van der Waals surface area contributed by atoms with Crippen molar-refractivity contribution in [3.63, 3.8) is 0 Å². The van der Waals surface area contributed by atoms with Gasteiger partial charge < -0.3 is 19.1 Å².